The molecule has 0 unspecified atom stereocenters. The molecule has 0 aliphatic heterocycles. The van der Waals surface area contributed by atoms with Crippen LogP contribution in [-0.2, 0) is 24.4 Å². The van der Waals surface area contributed by atoms with Crippen LogP contribution in [0, 0.1) is 0 Å². The molecule has 0 radical (unpaired) electrons. The summed E-state index contributed by atoms with van der Waals surface area (Å²) in [6.07, 6.45) is 0.0101. The van der Waals surface area contributed by atoms with Crippen molar-refractivity contribution in [3.05, 3.63) is 60.3 Å². The molecule has 0 atom stereocenters. The van der Waals surface area contributed by atoms with Gasteiger partial charge in [-0.25, -0.2) is 15.0 Å². The summed E-state index contributed by atoms with van der Waals surface area (Å²) in [6, 6.07) is 6.35. The zero-order valence-corrected chi connectivity index (χ0v) is 18.5. The number of rotatable bonds is 7. The third kappa shape index (κ3) is 6.10. The van der Waals surface area contributed by atoms with Crippen LogP contribution in [0.3, 0.4) is 0 Å². The second-order valence-electron chi connectivity index (χ2n) is 6.58. The summed E-state index contributed by atoms with van der Waals surface area (Å²) >= 11 is 2.29. The van der Waals surface area contributed by atoms with E-state index in [-0.39, 0.29) is 12.3 Å². The van der Waals surface area contributed by atoms with Crippen LogP contribution in [0.5, 0.6) is 0 Å². The van der Waals surface area contributed by atoms with Gasteiger partial charge in [-0.05, 0) is 36.0 Å². The fourth-order valence-electron chi connectivity index (χ4n) is 2.63. The van der Waals surface area contributed by atoms with Gasteiger partial charge in [-0.2, -0.15) is 23.4 Å². The molecule has 0 saturated heterocycles. The monoisotopic (exact) mass is 492 g/mol. The van der Waals surface area contributed by atoms with Gasteiger partial charge in [0.2, 0.25) is 5.91 Å². The van der Waals surface area contributed by atoms with Crippen molar-refractivity contribution in [2.24, 2.45) is 7.05 Å². The molecule has 4 rings (SSSR count). The van der Waals surface area contributed by atoms with Gasteiger partial charge in [0.25, 0.3) is 0 Å². The molecular weight excluding hydrogens is 477 g/mol. The number of amides is 1. The first-order valence-corrected chi connectivity index (χ1v) is 10.9. The predicted molar refractivity (Wildman–Crippen MR) is 114 cm³/mol. The van der Waals surface area contributed by atoms with Crippen LogP contribution < -0.4 is 5.32 Å². The summed E-state index contributed by atoms with van der Waals surface area (Å²) in [7, 11) is 1.73. The topological polar surface area (TPSA) is 114 Å². The maximum Gasteiger partial charge on any atom is 0.416 e. The van der Waals surface area contributed by atoms with E-state index in [9.17, 15) is 18.0 Å². The van der Waals surface area contributed by atoms with Gasteiger partial charge in [0.15, 0.2) is 11.0 Å². The van der Waals surface area contributed by atoms with Crippen molar-refractivity contribution < 1.29 is 18.0 Å². The van der Waals surface area contributed by atoms with E-state index in [1.165, 1.54) is 36.4 Å². The average molecular weight is 493 g/mol. The molecule has 9 nitrogen and oxygen atoms in total. The Balaban J connectivity index is 1.57. The number of aryl methyl sites for hydroxylation is 1. The van der Waals surface area contributed by atoms with E-state index in [0.29, 0.717) is 31.6 Å². The van der Waals surface area contributed by atoms with E-state index >= 15 is 0 Å². The molecule has 3 heterocycles. The molecule has 170 valence electrons. The summed E-state index contributed by atoms with van der Waals surface area (Å²) in [5, 5.41) is 14.6. The normalized spacial score (nSPS) is 11.5. The van der Waals surface area contributed by atoms with Crippen LogP contribution in [0.2, 0.25) is 0 Å². The standard InChI is InChI=1S/C19H15F3N8OS2/c1-30-7-6-14(29-30)27-15(31)8-13-17(23-9-16(26-13)33-18-24-10-25-28-18)32-12-4-2-11(3-5-12)19(20,21)22/h2-7,9-10H,8H2,1H3,(H,24,25,28)(H,27,29,31). The van der Waals surface area contributed by atoms with Gasteiger partial charge in [0.05, 0.1) is 23.9 Å². The molecule has 0 spiro atoms. The number of carbonyl (C=O) groups excluding carboxylic acids is 1. The molecular formula is C19H15F3N8OS2. The highest BCUT2D eigenvalue weighted by Crippen LogP contribution is 2.34. The Labute approximate surface area is 193 Å². The van der Waals surface area contributed by atoms with E-state index in [1.807, 2.05) is 0 Å². The van der Waals surface area contributed by atoms with Gasteiger partial charge >= 0.3 is 6.18 Å². The third-order valence-corrected chi connectivity index (χ3v) is 5.92. The largest absolute Gasteiger partial charge is 0.416 e. The minimum absolute atomic E-state index is 0.114. The number of halogens is 3. The summed E-state index contributed by atoms with van der Waals surface area (Å²) in [6.45, 7) is 0. The summed E-state index contributed by atoms with van der Waals surface area (Å²) in [4.78, 5) is 26.0. The van der Waals surface area contributed by atoms with Gasteiger partial charge in [-0.3, -0.25) is 14.6 Å². The highest BCUT2D eigenvalue weighted by Gasteiger charge is 2.30. The molecule has 4 aromatic rings. The molecule has 1 amide bonds. The SMILES string of the molecule is Cn1ccc(NC(=O)Cc2nc(Sc3ncn[nH]3)cnc2Sc2ccc(C(F)(F)F)cc2)n1. The number of anilines is 1. The number of hydrogen-bond donors (Lipinski definition) is 2. The highest BCUT2D eigenvalue weighted by molar-refractivity contribution is 7.99. The summed E-state index contributed by atoms with van der Waals surface area (Å²) in [5.41, 5.74) is -0.385. The molecule has 1 aromatic carbocycles. The van der Waals surface area contributed by atoms with Crippen molar-refractivity contribution >= 4 is 35.2 Å². The van der Waals surface area contributed by atoms with Crippen molar-refractivity contribution in [1.29, 1.82) is 0 Å². The minimum atomic E-state index is -4.42. The van der Waals surface area contributed by atoms with E-state index < -0.39 is 11.7 Å². The summed E-state index contributed by atoms with van der Waals surface area (Å²) < 4.78 is 40.1. The first-order valence-electron chi connectivity index (χ1n) is 9.30. The average Bonchev–Trinajstić information content (AvgIpc) is 3.41. The Morgan fingerprint density at radius 1 is 1.15 bits per heavy atom. The number of aromatic amines is 1. The minimum Gasteiger partial charge on any atom is -0.309 e. The number of nitrogens with zero attached hydrogens (tertiary/aromatic N) is 6. The van der Waals surface area contributed by atoms with E-state index in [1.54, 1.807) is 24.0 Å². The first-order chi connectivity index (χ1) is 15.8. The first kappa shape index (κ1) is 22.8. The fourth-order valence-corrected chi connectivity index (χ4v) is 4.13. The van der Waals surface area contributed by atoms with E-state index in [2.05, 4.69) is 35.6 Å². The van der Waals surface area contributed by atoms with Crippen LogP contribution in [0.4, 0.5) is 19.0 Å². The van der Waals surface area contributed by atoms with E-state index in [0.717, 1.165) is 23.9 Å². The quantitative estimate of drug-likeness (QED) is 0.400. The molecule has 0 fully saturated rings. The maximum atomic E-state index is 12.8. The smallest absolute Gasteiger partial charge is 0.309 e. The molecule has 14 heteroatoms. The second kappa shape index (κ2) is 9.62. The highest BCUT2D eigenvalue weighted by atomic mass is 32.2. The van der Waals surface area contributed by atoms with Gasteiger partial charge in [0.1, 0.15) is 16.4 Å². The van der Waals surface area contributed by atoms with Gasteiger partial charge in [0, 0.05) is 24.2 Å². The van der Waals surface area contributed by atoms with Crippen LogP contribution in [0.1, 0.15) is 11.3 Å². The van der Waals surface area contributed by atoms with Gasteiger partial charge in [-0.15, -0.1) is 0 Å². The lowest BCUT2D eigenvalue weighted by molar-refractivity contribution is -0.137. The Bertz CT molecular complexity index is 1240. The lowest BCUT2D eigenvalue weighted by Gasteiger charge is -2.10. The molecule has 2 N–H and O–H groups in total. The van der Waals surface area contributed by atoms with Gasteiger partial charge < -0.3 is 5.32 Å². The lowest BCUT2D eigenvalue weighted by Crippen LogP contribution is -2.17. The van der Waals surface area contributed by atoms with Crippen molar-refractivity contribution in [2.75, 3.05) is 5.32 Å². The Morgan fingerprint density at radius 3 is 2.58 bits per heavy atom. The molecule has 3 aromatic heterocycles. The van der Waals surface area contributed by atoms with Gasteiger partial charge in [-0.1, -0.05) is 11.8 Å². The number of hydrogen-bond acceptors (Lipinski definition) is 8. The number of benzene rings is 1. The van der Waals surface area contributed by atoms with Crippen molar-refractivity contribution in [3.63, 3.8) is 0 Å². The predicted octanol–water partition coefficient (Wildman–Crippen LogP) is 3.83. The van der Waals surface area contributed by atoms with Crippen LogP contribution in [-0.4, -0.2) is 40.8 Å². The number of aromatic nitrogens is 7. The Hall–Kier alpha value is -3.39. The third-order valence-electron chi connectivity index (χ3n) is 4.08. The van der Waals surface area contributed by atoms with Crippen LogP contribution >= 0.6 is 23.5 Å². The number of alkyl halides is 3. The van der Waals surface area contributed by atoms with E-state index in [4.69, 9.17) is 0 Å². The fraction of sp³-hybridized carbons (Fsp3) is 0.158. The van der Waals surface area contributed by atoms with Crippen LogP contribution in [0.25, 0.3) is 0 Å². The van der Waals surface area contributed by atoms with Crippen LogP contribution in [0.15, 0.2) is 69.2 Å². The molecule has 0 aliphatic carbocycles. The zero-order valence-electron chi connectivity index (χ0n) is 16.9. The second-order valence-corrected chi connectivity index (χ2v) is 8.65. The van der Waals surface area contributed by atoms with Crippen molar-refractivity contribution in [3.8, 4) is 0 Å². The molecule has 33 heavy (non-hydrogen) atoms. The number of H-pyrrole nitrogens is 1. The molecule has 0 bridgehead atoms. The number of nitrogens with one attached hydrogen (secondary N) is 2. The molecule has 0 saturated carbocycles. The lowest BCUT2D eigenvalue weighted by atomic mass is 10.2. The number of carbonyl (C=O) groups is 1. The maximum absolute atomic E-state index is 12.8. The summed E-state index contributed by atoms with van der Waals surface area (Å²) in [5.74, 6) is 0.0266. The van der Waals surface area contributed by atoms with Crippen molar-refractivity contribution in [2.45, 2.75) is 32.7 Å². The van der Waals surface area contributed by atoms with Crippen molar-refractivity contribution in [1.82, 2.24) is 34.9 Å². The zero-order chi connectivity index (χ0) is 23.4. The molecule has 0 aliphatic rings. The Kier molecular flexibility index (Phi) is 6.65. The Morgan fingerprint density at radius 2 is 1.94 bits per heavy atom.